The first-order valence-corrected chi connectivity index (χ1v) is 8.56. The highest BCUT2D eigenvalue weighted by atomic mass is 19.4. The number of alkyl halides is 3. The minimum atomic E-state index is -4.45. The van der Waals surface area contributed by atoms with E-state index in [1.54, 1.807) is 6.07 Å². The molecule has 1 atom stereocenters. The molecular formula is C19H18F3N3O3. The van der Waals surface area contributed by atoms with Gasteiger partial charge in [0.25, 0.3) is 11.8 Å². The van der Waals surface area contributed by atoms with Gasteiger partial charge in [-0.05, 0) is 35.4 Å². The van der Waals surface area contributed by atoms with Gasteiger partial charge in [0.05, 0.1) is 18.7 Å². The van der Waals surface area contributed by atoms with Crippen molar-refractivity contribution in [3.63, 3.8) is 0 Å². The number of likely N-dealkylation sites (N-methyl/N-ethyl adjacent to an activating group) is 1. The van der Waals surface area contributed by atoms with E-state index in [-0.39, 0.29) is 24.8 Å². The van der Waals surface area contributed by atoms with Crippen molar-refractivity contribution in [1.82, 2.24) is 15.2 Å². The Morgan fingerprint density at radius 1 is 1.21 bits per heavy atom. The second-order valence-electron chi connectivity index (χ2n) is 6.23. The molecule has 1 saturated heterocycles. The second-order valence-corrected chi connectivity index (χ2v) is 6.23. The van der Waals surface area contributed by atoms with Gasteiger partial charge < -0.3 is 15.0 Å². The maximum absolute atomic E-state index is 12.9. The Labute approximate surface area is 159 Å². The zero-order valence-electron chi connectivity index (χ0n) is 15.0. The molecular weight excluding hydrogens is 375 g/mol. The number of morpholine rings is 1. The van der Waals surface area contributed by atoms with E-state index in [2.05, 4.69) is 10.3 Å². The minimum Gasteiger partial charge on any atom is -0.365 e. The van der Waals surface area contributed by atoms with Gasteiger partial charge in [0.1, 0.15) is 5.69 Å². The lowest BCUT2D eigenvalue weighted by Gasteiger charge is -2.31. The highest BCUT2D eigenvalue weighted by molar-refractivity contribution is 5.94. The van der Waals surface area contributed by atoms with Crippen LogP contribution in [-0.2, 0) is 15.7 Å². The molecule has 2 amide bonds. The number of carbonyl (C=O) groups excluding carboxylic acids is 2. The summed E-state index contributed by atoms with van der Waals surface area (Å²) >= 11 is 0. The summed E-state index contributed by atoms with van der Waals surface area (Å²) in [5.41, 5.74) is 0.0980. The molecule has 0 spiro atoms. The minimum absolute atomic E-state index is 0.0774. The number of halogens is 3. The lowest BCUT2D eigenvalue weighted by atomic mass is 10.0. The largest absolute Gasteiger partial charge is 0.416 e. The van der Waals surface area contributed by atoms with Crippen LogP contribution in [-0.4, -0.2) is 54.5 Å². The number of nitrogens with one attached hydrogen (secondary N) is 1. The van der Waals surface area contributed by atoms with Crippen LogP contribution < -0.4 is 5.32 Å². The summed E-state index contributed by atoms with van der Waals surface area (Å²) in [6.45, 7) is 0.576. The van der Waals surface area contributed by atoms with E-state index in [0.29, 0.717) is 17.7 Å². The van der Waals surface area contributed by atoms with Gasteiger partial charge in [-0.1, -0.05) is 12.1 Å². The van der Waals surface area contributed by atoms with Gasteiger partial charge in [0.15, 0.2) is 6.10 Å². The number of amides is 2. The maximum atomic E-state index is 12.9. The molecule has 1 aliphatic heterocycles. The van der Waals surface area contributed by atoms with Gasteiger partial charge in [-0.15, -0.1) is 0 Å². The summed E-state index contributed by atoms with van der Waals surface area (Å²) in [7, 11) is 1.48. The van der Waals surface area contributed by atoms with Gasteiger partial charge in [-0.3, -0.25) is 14.6 Å². The summed E-state index contributed by atoms with van der Waals surface area (Å²) in [6.07, 6.45) is -3.85. The van der Waals surface area contributed by atoms with Crippen LogP contribution >= 0.6 is 0 Å². The SMILES string of the molecule is CNC(=O)C1CN(C(=O)c2cc(-c3cccc(C(F)(F)F)c3)ccn2)CCO1. The molecule has 2 aromatic rings. The smallest absolute Gasteiger partial charge is 0.365 e. The summed E-state index contributed by atoms with van der Waals surface area (Å²) in [6, 6.07) is 7.86. The van der Waals surface area contributed by atoms with Gasteiger partial charge in [-0.25, -0.2) is 0 Å². The van der Waals surface area contributed by atoms with Crippen LogP contribution in [0.15, 0.2) is 42.6 Å². The van der Waals surface area contributed by atoms with Crippen LogP contribution in [0.4, 0.5) is 13.2 Å². The Morgan fingerprint density at radius 2 is 1.96 bits per heavy atom. The molecule has 1 aliphatic rings. The molecule has 1 N–H and O–H groups in total. The molecule has 0 aliphatic carbocycles. The van der Waals surface area contributed by atoms with Crippen molar-refractivity contribution in [3.05, 3.63) is 53.9 Å². The van der Waals surface area contributed by atoms with Gasteiger partial charge in [0.2, 0.25) is 0 Å². The van der Waals surface area contributed by atoms with Crippen LogP contribution in [0.5, 0.6) is 0 Å². The van der Waals surface area contributed by atoms with E-state index in [4.69, 9.17) is 4.74 Å². The molecule has 1 fully saturated rings. The van der Waals surface area contributed by atoms with Crippen molar-refractivity contribution in [2.45, 2.75) is 12.3 Å². The van der Waals surface area contributed by atoms with Crippen molar-refractivity contribution in [1.29, 1.82) is 0 Å². The van der Waals surface area contributed by atoms with Crippen molar-refractivity contribution in [2.75, 3.05) is 26.7 Å². The lowest BCUT2D eigenvalue weighted by Crippen LogP contribution is -2.51. The number of hydrogen-bond donors (Lipinski definition) is 1. The van der Waals surface area contributed by atoms with E-state index in [1.165, 1.54) is 36.3 Å². The van der Waals surface area contributed by atoms with Gasteiger partial charge in [0, 0.05) is 19.8 Å². The Kier molecular flexibility index (Phi) is 5.64. The third-order valence-corrected chi connectivity index (χ3v) is 4.39. The zero-order chi connectivity index (χ0) is 20.3. The number of nitrogens with zero attached hydrogens (tertiary/aromatic N) is 2. The average molecular weight is 393 g/mol. The van der Waals surface area contributed by atoms with Crippen LogP contribution in [0.25, 0.3) is 11.1 Å². The summed E-state index contributed by atoms with van der Waals surface area (Å²) < 4.78 is 44.2. The molecule has 0 bridgehead atoms. The van der Waals surface area contributed by atoms with E-state index in [0.717, 1.165) is 12.1 Å². The molecule has 0 radical (unpaired) electrons. The molecule has 1 aromatic heterocycles. The van der Waals surface area contributed by atoms with Crippen LogP contribution in [0.1, 0.15) is 16.1 Å². The first-order chi connectivity index (χ1) is 13.3. The Balaban J connectivity index is 1.83. The fourth-order valence-electron chi connectivity index (χ4n) is 2.92. The highest BCUT2D eigenvalue weighted by Crippen LogP contribution is 2.32. The number of rotatable bonds is 3. The van der Waals surface area contributed by atoms with Crippen molar-refractivity contribution in [3.8, 4) is 11.1 Å². The number of pyridine rings is 1. The number of carbonyl (C=O) groups is 2. The molecule has 28 heavy (non-hydrogen) atoms. The fraction of sp³-hybridized carbons (Fsp3) is 0.316. The number of aromatic nitrogens is 1. The molecule has 1 unspecified atom stereocenters. The molecule has 148 valence electrons. The van der Waals surface area contributed by atoms with Gasteiger partial charge >= 0.3 is 6.18 Å². The van der Waals surface area contributed by atoms with Crippen LogP contribution in [0, 0.1) is 0 Å². The van der Waals surface area contributed by atoms with E-state index < -0.39 is 23.8 Å². The normalized spacial score (nSPS) is 17.3. The molecule has 9 heteroatoms. The molecule has 1 aromatic carbocycles. The average Bonchev–Trinajstić information content (AvgIpc) is 2.72. The molecule has 2 heterocycles. The fourth-order valence-corrected chi connectivity index (χ4v) is 2.92. The Morgan fingerprint density at radius 3 is 2.68 bits per heavy atom. The Hall–Kier alpha value is -2.94. The van der Waals surface area contributed by atoms with Crippen LogP contribution in [0.3, 0.4) is 0 Å². The number of ether oxygens (including phenoxy) is 1. The number of benzene rings is 1. The molecule has 0 saturated carbocycles. The maximum Gasteiger partial charge on any atom is 0.416 e. The lowest BCUT2D eigenvalue weighted by molar-refractivity contribution is -0.138. The quantitative estimate of drug-likeness (QED) is 0.869. The van der Waals surface area contributed by atoms with Crippen molar-refractivity contribution >= 4 is 11.8 Å². The summed E-state index contributed by atoms with van der Waals surface area (Å²) in [4.78, 5) is 30.0. The third-order valence-electron chi connectivity index (χ3n) is 4.39. The molecule has 3 rings (SSSR count). The predicted octanol–water partition coefficient (Wildman–Crippen LogP) is 2.35. The summed E-state index contributed by atoms with van der Waals surface area (Å²) in [5, 5.41) is 2.47. The van der Waals surface area contributed by atoms with Crippen LogP contribution in [0.2, 0.25) is 0 Å². The number of hydrogen-bond acceptors (Lipinski definition) is 4. The van der Waals surface area contributed by atoms with Crippen molar-refractivity contribution in [2.24, 2.45) is 0 Å². The van der Waals surface area contributed by atoms with E-state index in [9.17, 15) is 22.8 Å². The third kappa shape index (κ3) is 4.30. The second kappa shape index (κ2) is 7.97. The predicted molar refractivity (Wildman–Crippen MR) is 94.4 cm³/mol. The van der Waals surface area contributed by atoms with E-state index in [1.807, 2.05) is 0 Å². The summed E-state index contributed by atoms with van der Waals surface area (Å²) in [5.74, 6) is -0.741. The zero-order valence-corrected chi connectivity index (χ0v) is 15.0. The van der Waals surface area contributed by atoms with Gasteiger partial charge in [-0.2, -0.15) is 13.2 Å². The monoisotopic (exact) mass is 393 g/mol. The first kappa shape index (κ1) is 19.8. The highest BCUT2D eigenvalue weighted by Gasteiger charge is 2.31. The van der Waals surface area contributed by atoms with E-state index >= 15 is 0 Å². The topological polar surface area (TPSA) is 71.5 Å². The standard InChI is InChI=1S/C19H18F3N3O3/c1-23-17(26)16-11-25(7-8-28-16)18(27)15-10-13(5-6-24-15)12-3-2-4-14(9-12)19(20,21)22/h2-6,9-10,16H,7-8,11H2,1H3,(H,23,26). The van der Waals surface area contributed by atoms with Crippen molar-refractivity contribution < 1.29 is 27.5 Å². The first-order valence-electron chi connectivity index (χ1n) is 8.56. The molecule has 6 nitrogen and oxygen atoms in total. The Bertz CT molecular complexity index is 886.